The predicted molar refractivity (Wildman–Crippen MR) is 108 cm³/mol. The zero-order chi connectivity index (χ0) is 19.4. The first kappa shape index (κ1) is 19.1. The van der Waals surface area contributed by atoms with E-state index in [4.69, 9.17) is 11.6 Å². The topological polar surface area (TPSA) is 66.1 Å². The van der Waals surface area contributed by atoms with Crippen molar-refractivity contribution in [1.29, 1.82) is 0 Å². The summed E-state index contributed by atoms with van der Waals surface area (Å²) in [5.41, 5.74) is 2.43. The lowest BCUT2D eigenvalue weighted by molar-refractivity contribution is -0.131. The summed E-state index contributed by atoms with van der Waals surface area (Å²) in [7, 11) is 0. The summed E-state index contributed by atoms with van der Waals surface area (Å²) in [5.74, 6) is 0.468. The van der Waals surface area contributed by atoms with Gasteiger partial charge in [0.15, 0.2) is 0 Å². The first-order chi connectivity index (χ1) is 13.0. The van der Waals surface area contributed by atoms with Crippen molar-refractivity contribution in [2.45, 2.75) is 33.2 Å². The van der Waals surface area contributed by atoms with Gasteiger partial charge in [0.1, 0.15) is 5.82 Å². The molecule has 1 heterocycles. The van der Waals surface area contributed by atoms with Gasteiger partial charge in [-0.15, -0.1) is 0 Å². The summed E-state index contributed by atoms with van der Waals surface area (Å²) in [6, 6.07) is 12.9. The number of aromatic nitrogens is 2. The Morgan fingerprint density at radius 2 is 1.93 bits per heavy atom. The molecular formula is C21H22ClN3O2. The van der Waals surface area contributed by atoms with Gasteiger partial charge in [-0.2, -0.15) is 0 Å². The monoisotopic (exact) mass is 383 g/mol. The molecule has 0 radical (unpaired) electrons. The number of fused-ring (bicyclic) bond motifs is 1. The third-order valence-corrected chi connectivity index (χ3v) is 4.62. The molecule has 140 valence electrons. The maximum Gasteiger partial charge on any atom is 0.258 e. The number of hydrogen-bond donors (Lipinski definition) is 1. The van der Waals surface area contributed by atoms with Crippen molar-refractivity contribution in [2.75, 3.05) is 6.54 Å². The van der Waals surface area contributed by atoms with E-state index in [1.807, 2.05) is 38.1 Å². The Morgan fingerprint density at radius 3 is 2.63 bits per heavy atom. The second-order valence-corrected chi connectivity index (χ2v) is 7.09. The number of carbonyl (C=O) groups is 1. The van der Waals surface area contributed by atoms with Gasteiger partial charge in [-0.3, -0.25) is 9.59 Å². The summed E-state index contributed by atoms with van der Waals surface area (Å²) >= 11 is 6.01. The molecule has 0 atom stereocenters. The van der Waals surface area contributed by atoms with Crippen LogP contribution in [0.5, 0.6) is 0 Å². The Balaban J connectivity index is 1.83. The van der Waals surface area contributed by atoms with Crippen LogP contribution >= 0.6 is 11.6 Å². The number of aryl methyl sites for hydroxylation is 1. The van der Waals surface area contributed by atoms with Crippen LogP contribution < -0.4 is 5.56 Å². The summed E-state index contributed by atoms with van der Waals surface area (Å²) in [5, 5.41) is 1.00. The number of carbonyl (C=O) groups excluding carboxylic acids is 1. The van der Waals surface area contributed by atoms with Gasteiger partial charge in [0.05, 0.1) is 23.9 Å². The van der Waals surface area contributed by atoms with Crippen molar-refractivity contribution in [2.24, 2.45) is 0 Å². The maximum absolute atomic E-state index is 12.8. The normalized spacial score (nSPS) is 10.9. The lowest BCUT2D eigenvalue weighted by atomic mass is 10.1. The van der Waals surface area contributed by atoms with E-state index in [1.165, 1.54) is 0 Å². The molecule has 1 amide bonds. The van der Waals surface area contributed by atoms with Crippen LogP contribution in [0.25, 0.3) is 10.9 Å². The van der Waals surface area contributed by atoms with Crippen molar-refractivity contribution in [1.82, 2.24) is 14.9 Å². The van der Waals surface area contributed by atoms with Crippen molar-refractivity contribution in [3.05, 3.63) is 74.8 Å². The number of nitrogens with zero attached hydrogens (tertiary/aromatic N) is 2. The van der Waals surface area contributed by atoms with E-state index in [9.17, 15) is 9.59 Å². The van der Waals surface area contributed by atoms with Crippen LogP contribution in [0.1, 0.15) is 30.3 Å². The Hall–Kier alpha value is -2.66. The van der Waals surface area contributed by atoms with E-state index in [-0.39, 0.29) is 18.0 Å². The van der Waals surface area contributed by atoms with Crippen LogP contribution in [-0.2, 0) is 17.8 Å². The molecule has 1 N–H and O–H groups in total. The van der Waals surface area contributed by atoms with Crippen LogP contribution in [0, 0.1) is 6.92 Å². The molecule has 0 saturated heterocycles. The summed E-state index contributed by atoms with van der Waals surface area (Å²) in [6.07, 6.45) is 1.15. The van der Waals surface area contributed by atoms with Crippen LogP contribution in [0.3, 0.4) is 0 Å². The quantitative estimate of drug-likeness (QED) is 0.702. The molecule has 0 aliphatic rings. The number of amides is 1. The summed E-state index contributed by atoms with van der Waals surface area (Å²) < 4.78 is 0. The number of aromatic amines is 1. The van der Waals surface area contributed by atoms with Crippen LogP contribution in [0.15, 0.2) is 47.3 Å². The van der Waals surface area contributed by atoms with Gasteiger partial charge in [-0.1, -0.05) is 48.4 Å². The van der Waals surface area contributed by atoms with Gasteiger partial charge in [-0.05, 0) is 37.1 Å². The molecule has 0 spiro atoms. The Labute approximate surface area is 163 Å². The number of halogens is 1. The molecule has 0 unspecified atom stereocenters. The smallest absolute Gasteiger partial charge is 0.258 e. The van der Waals surface area contributed by atoms with Crippen LogP contribution in [0.2, 0.25) is 5.02 Å². The highest BCUT2D eigenvalue weighted by atomic mass is 35.5. The lowest BCUT2D eigenvalue weighted by Crippen LogP contribution is -2.34. The number of nitrogens with one attached hydrogen (secondary N) is 1. The highest BCUT2D eigenvalue weighted by molar-refractivity contribution is 6.31. The molecule has 2 aromatic carbocycles. The highest BCUT2D eigenvalue weighted by Gasteiger charge is 2.16. The molecular weight excluding hydrogens is 362 g/mol. The fourth-order valence-electron chi connectivity index (χ4n) is 2.97. The number of hydrogen-bond acceptors (Lipinski definition) is 3. The zero-order valence-corrected chi connectivity index (χ0v) is 16.2. The van der Waals surface area contributed by atoms with Crippen LogP contribution in [-0.4, -0.2) is 27.3 Å². The number of rotatable bonds is 6. The average molecular weight is 384 g/mol. The SMILES string of the molecule is CCCN(Cc1nc2cc(Cl)ccc2c(=O)[nH]1)C(=O)Cc1ccc(C)cc1. The first-order valence-electron chi connectivity index (χ1n) is 8.98. The van der Waals surface area contributed by atoms with Crippen molar-refractivity contribution < 1.29 is 4.79 Å². The third-order valence-electron chi connectivity index (χ3n) is 4.38. The third kappa shape index (κ3) is 4.74. The molecule has 3 aromatic rings. The van der Waals surface area contributed by atoms with Crippen molar-refractivity contribution in [3.8, 4) is 0 Å². The minimum Gasteiger partial charge on any atom is -0.335 e. The molecule has 0 aliphatic heterocycles. The van der Waals surface area contributed by atoms with Gasteiger partial charge in [0.2, 0.25) is 5.91 Å². The average Bonchev–Trinajstić information content (AvgIpc) is 2.63. The predicted octanol–water partition coefficient (Wildman–Crippen LogP) is 3.87. The van der Waals surface area contributed by atoms with E-state index in [1.54, 1.807) is 23.1 Å². The first-order valence-corrected chi connectivity index (χ1v) is 9.36. The van der Waals surface area contributed by atoms with Crippen molar-refractivity contribution in [3.63, 3.8) is 0 Å². The van der Waals surface area contributed by atoms with Gasteiger partial charge < -0.3 is 9.88 Å². The van der Waals surface area contributed by atoms with E-state index in [2.05, 4.69) is 9.97 Å². The van der Waals surface area contributed by atoms with Gasteiger partial charge in [0.25, 0.3) is 5.56 Å². The molecule has 6 heteroatoms. The van der Waals surface area contributed by atoms with E-state index in [0.29, 0.717) is 34.7 Å². The molecule has 0 bridgehead atoms. The summed E-state index contributed by atoms with van der Waals surface area (Å²) in [6.45, 7) is 4.89. The van der Waals surface area contributed by atoms with Crippen LogP contribution in [0.4, 0.5) is 0 Å². The second-order valence-electron chi connectivity index (χ2n) is 6.65. The van der Waals surface area contributed by atoms with Gasteiger partial charge in [0, 0.05) is 11.6 Å². The zero-order valence-electron chi connectivity index (χ0n) is 15.5. The lowest BCUT2D eigenvalue weighted by Gasteiger charge is -2.22. The standard InChI is InChI=1S/C21H22ClN3O2/c1-3-10-25(20(26)11-15-6-4-14(2)5-7-15)13-19-23-18-12-16(22)8-9-17(18)21(27)24-19/h4-9,12H,3,10-11,13H2,1-2H3,(H,23,24,27). The Bertz CT molecular complexity index is 1010. The summed E-state index contributed by atoms with van der Waals surface area (Å²) in [4.78, 5) is 34.1. The fourth-order valence-corrected chi connectivity index (χ4v) is 3.14. The maximum atomic E-state index is 12.8. The minimum absolute atomic E-state index is 0.00884. The molecule has 0 fully saturated rings. The largest absolute Gasteiger partial charge is 0.335 e. The fraction of sp³-hybridized carbons (Fsp3) is 0.286. The number of benzene rings is 2. The molecule has 0 aliphatic carbocycles. The highest BCUT2D eigenvalue weighted by Crippen LogP contribution is 2.15. The number of H-pyrrole nitrogens is 1. The Morgan fingerprint density at radius 1 is 1.19 bits per heavy atom. The minimum atomic E-state index is -0.228. The van der Waals surface area contributed by atoms with Crippen molar-refractivity contribution >= 4 is 28.4 Å². The second kappa shape index (κ2) is 8.35. The van der Waals surface area contributed by atoms with Gasteiger partial charge in [-0.25, -0.2) is 4.98 Å². The van der Waals surface area contributed by atoms with Gasteiger partial charge >= 0.3 is 0 Å². The molecule has 3 rings (SSSR count). The van der Waals surface area contributed by atoms with E-state index >= 15 is 0 Å². The molecule has 27 heavy (non-hydrogen) atoms. The molecule has 5 nitrogen and oxygen atoms in total. The van der Waals surface area contributed by atoms with E-state index in [0.717, 1.165) is 17.5 Å². The van der Waals surface area contributed by atoms with E-state index < -0.39 is 0 Å². The molecule has 1 aromatic heterocycles. The Kier molecular flexibility index (Phi) is 5.91. The molecule has 0 saturated carbocycles.